The molecule has 1 amide bonds. The molecule has 9 heteroatoms. The molecule has 0 saturated carbocycles. The zero-order valence-corrected chi connectivity index (χ0v) is 14.9. The van der Waals surface area contributed by atoms with E-state index in [4.69, 9.17) is 4.74 Å². The quantitative estimate of drug-likeness (QED) is 0.704. The Morgan fingerprint density at radius 3 is 2.46 bits per heavy atom. The Balaban J connectivity index is 3.23. The van der Waals surface area contributed by atoms with E-state index in [1.54, 1.807) is 13.0 Å². The van der Waals surface area contributed by atoms with Crippen molar-refractivity contribution in [3.63, 3.8) is 0 Å². The molecule has 0 aliphatic rings. The van der Waals surface area contributed by atoms with Gasteiger partial charge in [0.25, 0.3) is 0 Å². The maximum atomic E-state index is 12.9. The molecule has 0 aromatic heterocycles. The smallest absolute Gasteiger partial charge is 0.321 e. The van der Waals surface area contributed by atoms with Crippen molar-refractivity contribution in [3.05, 3.63) is 23.8 Å². The molecule has 0 aliphatic carbocycles. The molecule has 0 bridgehead atoms. The van der Waals surface area contributed by atoms with Crippen molar-refractivity contribution < 1.29 is 27.9 Å². The normalized spacial score (nSPS) is 12.7. The van der Waals surface area contributed by atoms with E-state index >= 15 is 0 Å². The minimum atomic E-state index is -4.05. The third kappa shape index (κ3) is 4.68. The Kier molecular flexibility index (Phi) is 6.73. The molecule has 24 heavy (non-hydrogen) atoms. The highest BCUT2D eigenvalue weighted by Crippen LogP contribution is 2.25. The number of nitrogens with zero attached hydrogens (tertiary/aromatic N) is 1. The second-order valence-electron chi connectivity index (χ2n) is 5.24. The number of rotatable bonds is 8. The largest absolute Gasteiger partial charge is 0.497 e. The number of methoxy groups -OCH3 is 1. The van der Waals surface area contributed by atoms with E-state index < -0.39 is 22.0 Å². The average molecular weight is 358 g/mol. The first-order valence-electron chi connectivity index (χ1n) is 7.25. The number of aryl methyl sites for hydroxylation is 1. The van der Waals surface area contributed by atoms with Crippen LogP contribution in [0.5, 0.6) is 5.75 Å². The zero-order chi connectivity index (χ0) is 18.5. The van der Waals surface area contributed by atoms with E-state index in [9.17, 15) is 23.1 Å². The van der Waals surface area contributed by atoms with Gasteiger partial charge in [-0.3, -0.25) is 9.59 Å². The number of benzene rings is 1. The summed E-state index contributed by atoms with van der Waals surface area (Å²) in [5.41, 5.74) is 0.441. The second-order valence-corrected chi connectivity index (χ2v) is 7.10. The van der Waals surface area contributed by atoms with Gasteiger partial charge in [-0.2, -0.15) is 4.31 Å². The molecule has 1 rings (SSSR count). The summed E-state index contributed by atoms with van der Waals surface area (Å²) in [6, 6.07) is 3.16. The standard InChI is InChI=1S/C15H22N2O6S/c1-10-9-13(23-4)5-6-14(10)24(21,22)17(11(2)15(19)20)8-7-16-12(3)18/h5-6,9,11H,7-8H2,1-4H3,(H,16,18)(H,19,20). The molecule has 0 fully saturated rings. The van der Waals surface area contributed by atoms with Crippen LogP contribution in [0.4, 0.5) is 0 Å². The zero-order valence-electron chi connectivity index (χ0n) is 14.1. The molecule has 0 aliphatic heterocycles. The predicted molar refractivity (Wildman–Crippen MR) is 87.4 cm³/mol. The number of carboxylic acid groups (broad SMARTS) is 1. The Labute approximate surface area is 141 Å². The lowest BCUT2D eigenvalue weighted by Crippen LogP contribution is -2.46. The van der Waals surface area contributed by atoms with Gasteiger partial charge in [-0.05, 0) is 37.6 Å². The van der Waals surface area contributed by atoms with Gasteiger partial charge in [0.2, 0.25) is 15.9 Å². The second kappa shape index (κ2) is 8.11. The van der Waals surface area contributed by atoms with Crippen molar-refractivity contribution in [2.45, 2.75) is 31.7 Å². The molecule has 134 valence electrons. The number of aliphatic carboxylic acids is 1. The fourth-order valence-electron chi connectivity index (χ4n) is 2.15. The van der Waals surface area contributed by atoms with Gasteiger partial charge < -0.3 is 15.2 Å². The summed E-state index contributed by atoms with van der Waals surface area (Å²) in [5.74, 6) is -1.09. The van der Waals surface area contributed by atoms with Gasteiger partial charge in [-0.1, -0.05) is 0 Å². The summed E-state index contributed by atoms with van der Waals surface area (Å²) in [6.07, 6.45) is 0. The number of sulfonamides is 1. The van der Waals surface area contributed by atoms with Crippen molar-refractivity contribution in [3.8, 4) is 5.75 Å². The number of amides is 1. The van der Waals surface area contributed by atoms with E-state index in [1.807, 2.05) is 0 Å². The topological polar surface area (TPSA) is 113 Å². The summed E-state index contributed by atoms with van der Waals surface area (Å²) in [5, 5.41) is 11.7. The molecular weight excluding hydrogens is 336 g/mol. The highest BCUT2D eigenvalue weighted by Gasteiger charge is 2.33. The summed E-state index contributed by atoms with van der Waals surface area (Å²) >= 11 is 0. The lowest BCUT2D eigenvalue weighted by molar-refractivity contribution is -0.140. The number of carboxylic acids is 1. The third-order valence-electron chi connectivity index (χ3n) is 3.46. The van der Waals surface area contributed by atoms with Crippen molar-refractivity contribution in [1.82, 2.24) is 9.62 Å². The van der Waals surface area contributed by atoms with Gasteiger partial charge in [0, 0.05) is 20.0 Å². The Bertz CT molecular complexity index is 717. The first-order chi connectivity index (χ1) is 11.1. The predicted octanol–water partition coefficient (Wildman–Crippen LogP) is 0.604. The number of nitrogens with one attached hydrogen (secondary N) is 1. The van der Waals surface area contributed by atoms with Crippen LogP contribution < -0.4 is 10.1 Å². The molecular formula is C15H22N2O6S. The molecule has 1 atom stereocenters. The molecule has 2 N–H and O–H groups in total. The molecule has 0 spiro atoms. The lowest BCUT2D eigenvalue weighted by Gasteiger charge is -2.26. The Morgan fingerprint density at radius 1 is 1.38 bits per heavy atom. The van der Waals surface area contributed by atoms with Gasteiger partial charge in [0.15, 0.2) is 0 Å². The highest BCUT2D eigenvalue weighted by molar-refractivity contribution is 7.89. The molecule has 0 saturated heterocycles. The monoisotopic (exact) mass is 358 g/mol. The van der Waals surface area contributed by atoms with Gasteiger partial charge >= 0.3 is 5.97 Å². The minimum Gasteiger partial charge on any atom is -0.497 e. The van der Waals surface area contributed by atoms with E-state index in [-0.39, 0.29) is 23.9 Å². The number of hydrogen-bond acceptors (Lipinski definition) is 5. The molecule has 1 aromatic carbocycles. The molecule has 8 nitrogen and oxygen atoms in total. The van der Waals surface area contributed by atoms with Gasteiger partial charge in [0.1, 0.15) is 11.8 Å². The van der Waals surface area contributed by atoms with Crippen molar-refractivity contribution in [1.29, 1.82) is 0 Å². The van der Waals surface area contributed by atoms with E-state index in [0.717, 1.165) is 4.31 Å². The number of hydrogen-bond donors (Lipinski definition) is 2. The molecule has 1 unspecified atom stereocenters. The van der Waals surface area contributed by atoms with Crippen LogP contribution in [0.3, 0.4) is 0 Å². The third-order valence-corrected chi connectivity index (χ3v) is 5.59. The van der Waals surface area contributed by atoms with E-state index in [2.05, 4.69) is 5.32 Å². The highest BCUT2D eigenvalue weighted by atomic mass is 32.2. The van der Waals surface area contributed by atoms with Crippen LogP contribution in [-0.4, -0.2) is 55.9 Å². The van der Waals surface area contributed by atoms with Crippen LogP contribution in [0.15, 0.2) is 23.1 Å². The first kappa shape index (κ1) is 19.9. The van der Waals surface area contributed by atoms with Crippen LogP contribution in [0.2, 0.25) is 0 Å². The molecule has 1 aromatic rings. The lowest BCUT2D eigenvalue weighted by atomic mass is 10.2. The van der Waals surface area contributed by atoms with Crippen molar-refractivity contribution in [2.75, 3.05) is 20.2 Å². The number of carbonyl (C=O) groups excluding carboxylic acids is 1. The van der Waals surface area contributed by atoms with Crippen molar-refractivity contribution in [2.24, 2.45) is 0 Å². The van der Waals surface area contributed by atoms with Crippen molar-refractivity contribution >= 4 is 21.9 Å². The van der Waals surface area contributed by atoms with E-state index in [1.165, 1.54) is 33.1 Å². The van der Waals surface area contributed by atoms with Crippen LogP contribution in [0, 0.1) is 6.92 Å². The summed E-state index contributed by atoms with van der Waals surface area (Å²) in [6.45, 7) is 4.05. The Morgan fingerprint density at radius 2 is 2.00 bits per heavy atom. The summed E-state index contributed by atoms with van der Waals surface area (Å²) in [7, 11) is -2.59. The summed E-state index contributed by atoms with van der Waals surface area (Å²) in [4.78, 5) is 22.3. The Hall–Kier alpha value is -2.13. The van der Waals surface area contributed by atoms with Crippen LogP contribution >= 0.6 is 0 Å². The first-order valence-corrected chi connectivity index (χ1v) is 8.69. The van der Waals surface area contributed by atoms with Crippen LogP contribution in [0.1, 0.15) is 19.4 Å². The SMILES string of the molecule is COc1ccc(S(=O)(=O)N(CCNC(C)=O)C(C)C(=O)O)c(C)c1. The number of carbonyl (C=O) groups is 2. The fourth-order valence-corrected chi connectivity index (χ4v) is 3.95. The van der Waals surface area contributed by atoms with Crippen LogP contribution in [0.25, 0.3) is 0 Å². The minimum absolute atomic E-state index is 0.000718. The van der Waals surface area contributed by atoms with Gasteiger partial charge in [-0.15, -0.1) is 0 Å². The van der Waals surface area contributed by atoms with Crippen LogP contribution in [-0.2, 0) is 19.6 Å². The summed E-state index contributed by atoms with van der Waals surface area (Å²) < 4.78 is 31.7. The molecule has 0 heterocycles. The maximum absolute atomic E-state index is 12.9. The van der Waals surface area contributed by atoms with Gasteiger partial charge in [-0.25, -0.2) is 8.42 Å². The fraction of sp³-hybridized carbons (Fsp3) is 0.467. The molecule has 0 radical (unpaired) electrons. The number of ether oxygens (including phenoxy) is 1. The van der Waals surface area contributed by atoms with Gasteiger partial charge in [0.05, 0.1) is 12.0 Å². The maximum Gasteiger partial charge on any atom is 0.321 e. The average Bonchev–Trinajstić information content (AvgIpc) is 2.49. The van der Waals surface area contributed by atoms with E-state index in [0.29, 0.717) is 11.3 Å².